The predicted octanol–water partition coefficient (Wildman–Crippen LogP) is 6.52. The quantitative estimate of drug-likeness (QED) is 0.358. The Morgan fingerprint density at radius 3 is 1.88 bits per heavy atom. The number of unbranched alkanes of at least 4 members (excludes halogenated alkanes) is 10. The van der Waals surface area contributed by atoms with Crippen molar-refractivity contribution in [2.75, 3.05) is 0 Å². The Balaban J connectivity index is 2.42. The molecular weight excluding hydrogens is 298 g/mol. The second-order valence-electron chi connectivity index (χ2n) is 7.01. The number of carbonyl (C=O) groups is 1. The lowest BCUT2D eigenvalue weighted by atomic mass is 9.98. The van der Waals surface area contributed by atoms with E-state index in [1.54, 1.807) is 0 Å². The maximum atomic E-state index is 11.4. The molecule has 1 aromatic heterocycles. The zero-order valence-corrected chi connectivity index (χ0v) is 15.8. The van der Waals surface area contributed by atoms with Crippen molar-refractivity contribution in [2.24, 2.45) is 0 Å². The summed E-state index contributed by atoms with van der Waals surface area (Å²) in [5.74, 6) is -0.815. The first-order valence-electron chi connectivity index (χ1n) is 10.1. The number of aromatic nitrogens is 1. The van der Waals surface area contributed by atoms with Gasteiger partial charge < -0.3 is 10.1 Å². The van der Waals surface area contributed by atoms with E-state index in [0.29, 0.717) is 5.69 Å². The Bertz CT molecular complexity index is 451. The van der Waals surface area contributed by atoms with Gasteiger partial charge in [0.15, 0.2) is 0 Å². The van der Waals surface area contributed by atoms with Crippen LogP contribution in [0, 0.1) is 0 Å². The molecule has 0 aliphatic rings. The minimum absolute atomic E-state index is 0.421. The normalized spacial score (nSPS) is 11.1. The van der Waals surface area contributed by atoms with Gasteiger partial charge in [-0.1, -0.05) is 78.1 Å². The van der Waals surface area contributed by atoms with E-state index in [4.69, 9.17) is 0 Å². The second kappa shape index (κ2) is 13.1. The van der Waals surface area contributed by atoms with Gasteiger partial charge in [-0.25, -0.2) is 4.79 Å². The van der Waals surface area contributed by atoms with Crippen molar-refractivity contribution in [2.45, 2.75) is 104 Å². The summed E-state index contributed by atoms with van der Waals surface area (Å²) in [6.45, 7) is 4.47. The molecular formula is C21H37NO2. The summed E-state index contributed by atoms with van der Waals surface area (Å²) in [5.41, 5.74) is 2.72. The molecule has 3 nitrogen and oxygen atoms in total. The number of hydrogen-bond acceptors (Lipinski definition) is 1. The number of rotatable bonds is 15. The summed E-state index contributed by atoms with van der Waals surface area (Å²) in [6.07, 6.45) is 19.0. The van der Waals surface area contributed by atoms with E-state index in [1.807, 2.05) is 6.20 Å². The SMILES string of the molecule is CCCCCCCCc1c[nH]c(C(=O)O)c1CCCCCCCC. The molecule has 1 heterocycles. The lowest BCUT2D eigenvalue weighted by Crippen LogP contribution is -2.03. The van der Waals surface area contributed by atoms with E-state index in [1.165, 1.54) is 76.2 Å². The van der Waals surface area contributed by atoms with Gasteiger partial charge in [0.05, 0.1) is 0 Å². The maximum absolute atomic E-state index is 11.4. The van der Waals surface area contributed by atoms with E-state index >= 15 is 0 Å². The summed E-state index contributed by atoms with van der Waals surface area (Å²) in [6, 6.07) is 0. The molecule has 24 heavy (non-hydrogen) atoms. The van der Waals surface area contributed by atoms with Crippen LogP contribution >= 0.6 is 0 Å². The van der Waals surface area contributed by atoms with Crippen molar-refractivity contribution >= 4 is 5.97 Å². The molecule has 0 spiro atoms. The zero-order chi connectivity index (χ0) is 17.6. The first-order valence-corrected chi connectivity index (χ1v) is 10.1. The third-order valence-electron chi connectivity index (χ3n) is 4.87. The molecule has 0 aliphatic heterocycles. The zero-order valence-electron chi connectivity index (χ0n) is 15.8. The minimum atomic E-state index is -0.815. The van der Waals surface area contributed by atoms with Gasteiger partial charge in [0.25, 0.3) is 0 Å². The molecule has 0 atom stereocenters. The first-order chi connectivity index (χ1) is 11.7. The average Bonchev–Trinajstić information content (AvgIpc) is 2.97. The van der Waals surface area contributed by atoms with Crippen LogP contribution in [-0.4, -0.2) is 16.1 Å². The Hall–Kier alpha value is -1.25. The monoisotopic (exact) mass is 335 g/mol. The molecule has 1 rings (SSSR count). The Labute approximate surface area is 148 Å². The fourth-order valence-corrected chi connectivity index (χ4v) is 3.37. The summed E-state index contributed by atoms with van der Waals surface area (Å²) >= 11 is 0. The summed E-state index contributed by atoms with van der Waals surface area (Å²) in [5, 5.41) is 9.39. The van der Waals surface area contributed by atoms with Crippen LogP contribution in [-0.2, 0) is 12.8 Å². The highest BCUT2D eigenvalue weighted by Gasteiger charge is 2.16. The largest absolute Gasteiger partial charge is 0.477 e. The fraction of sp³-hybridized carbons (Fsp3) is 0.762. The van der Waals surface area contributed by atoms with Crippen LogP contribution in [0.15, 0.2) is 6.20 Å². The van der Waals surface area contributed by atoms with Crippen molar-refractivity contribution in [3.8, 4) is 0 Å². The third kappa shape index (κ3) is 8.03. The van der Waals surface area contributed by atoms with Crippen molar-refractivity contribution in [1.82, 2.24) is 4.98 Å². The van der Waals surface area contributed by atoms with Crippen LogP contribution in [0.1, 0.15) is 113 Å². The summed E-state index contributed by atoms with van der Waals surface area (Å²) < 4.78 is 0. The van der Waals surface area contributed by atoms with Crippen LogP contribution < -0.4 is 0 Å². The summed E-state index contributed by atoms with van der Waals surface area (Å²) in [4.78, 5) is 14.4. The van der Waals surface area contributed by atoms with Crippen LogP contribution in [0.4, 0.5) is 0 Å². The third-order valence-corrected chi connectivity index (χ3v) is 4.87. The highest BCUT2D eigenvalue weighted by molar-refractivity contribution is 5.87. The van der Waals surface area contributed by atoms with Gasteiger partial charge in [0.1, 0.15) is 5.69 Å². The van der Waals surface area contributed by atoms with Gasteiger partial charge in [-0.15, -0.1) is 0 Å². The lowest BCUT2D eigenvalue weighted by molar-refractivity contribution is 0.0690. The Morgan fingerprint density at radius 2 is 1.33 bits per heavy atom. The van der Waals surface area contributed by atoms with Gasteiger partial charge in [0.2, 0.25) is 0 Å². The molecule has 0 radical (unpaired) electrons. The topological polar surface area (TPSA) is 53.1 Å². The molecule has 0 fully saturated rings. The van der Waals surface area contributed by atoms with E-state index in [-0.39, 0.29) is 0 Å². The highest BCUT2D eigenvalue weighted by atomic mass is 16.4. The van der Waals surface area contributed by atoms with Crippen LogP contribution in [0.3, 0.4) is 0 Å². The lowest BCUT2D eigenvalue weighted by Gasteiger charge is -2.06. The fourth-order valence-electron chi connectivity index (χ4n) is 3.37. The van der Waals surface area contributed by atoms with Gasteiger partial charge in [-0.05, 0) is 36.8 Å². The van der Waals surface area contributed by atoms with Crippen molar-refractivity contribution in [3.05, 3.63) is 23.0 Å². The average molecular weight is 336 g/mol. The number of hydrogen-bond donors (Lipinski definition) is 2. The number of aromatic carboxylic acids is 1. The molecule has 0 aliphatic carbocycles. The molecule has 0 saturated carbocycles. The number of carboxylic acids is 1. The van der Waals surface area contributed by atoms with Gasteiger partial charge >= 0.3 is 5.97 Å². The molecule has 138 valence electrons. The molecule has 0 amide bonds. The number of aryl methyl sites for hydroxylation is 1. The second-order valence-corrected chi connectivity index (χ2v) is 7.01. The molecule has 3 heteroatoms. The minimum Gasteiger partial charge on any atom is -0.477 e. The number of carboxylic acid groups (broad SMARTS) is 1. The van der Waals surface area contributed by atoms with Crippen LogP contribution in [0.5, 0.6) is 0 Å². The van der Waals surface area contributed by atoms with E-state index < -0.39 is 5.97 Å². The Morgan fingerprint density at radius 1 is 0.833 bits per heavy atom. The van der Waals surface area contributed by atoms with Gasteiger partial charge in [0, 0.05) is 6.20 Å². The van der Waals surface area contributed by atoms with Crippen molar-refractivity contribution in [3.63, 3.8) is 0 Å². The molecule has 0 bridgehead atoms. The van der Waals surface area contributed by atoms with E-state index in [9.17, 15) is 9.90 Å². The summed E-state index contributed by atoms with van der Waals surface area (Å²) in [7, 11) is 0. The van der Waals surface area contributed by atoms with Crippen LogP contribution in [0.2, 0.25) is 0 Å². The number of aromatic amines is 1. The van der Waals surface area contributed by atoms with Crippen molar-refractivity contribution < 1.29 is 9.90 Å². The number of H-pyrrole nitrogens is 1. The van der Waals surface area contributed by atoms with E-state index in [2.05, 4.69) is 18.8 Å². The van der Waals surface area contributed by atoms with Gasteiger partial charge in [-0.2, -0.15) is 0 Å². The maximum Gasteiger partial charge on any atom is 0.352 e. The molecule has 0 aromatic carbocycles. The molecule has 0 saturated heterocycles. The van der Waals surface area contributed by atoms with Crippen molar-refractivity contribution in [1.29, 1.82) is 0 Å². The predicted molar refractivity (Wildman–Crippen MR) is 102 cm³/mol. The first kappa shape index (κ1) is 20.8. The molecule has 0 unspecified atom stereocenters. The molecule has 2 N–H and O–H groups in total. The Kier molecular flexibility index (Phi) is 11.3. The smallest absolute Gasteiger partial charge is 0.352 e. The number of nitrogens with one attached hydrogen (secondary N) is 1. The highest BCUT2D eigenvalue weighted by Crippen LogP contribution is 2.21. The standard InChI is InChI=1S/C21H37NO2/c1-3-5-7-9-11-13-15-18-17-22-20(21(23)24)19(18)16-14-12-10-8-6-4-2/h17,22H,3-16H2,1-2H3,(H,23,24). The van der Waals surface area contributed by atoms with Gasteiger partial charge in [-0.3, -0.25) is 0 Å². The van der Waals surface area contributed by atoms with Crippen LogP contribution in [0.25, 0.3) is 0 Å². The molecule has 1 aromatic rings. The van der Waals surface area contributed by atoms with E-state index in [0.717, 1.165) is 24.8 Å².